The molecule has 0 aliphatic heterocycles. The zero-order valence-electron chi connectivity index (χ0n) is 14.8. The van der Waals surface area contributed by atoms with Crippen molar-refractivity contribution >= 4 is 23.5 Å². The van der Waals surface area contributed by atoms with E-state index < -0.39 is 5.97 Å². The fourth-order valence-corrected chi connectivity index (χ4v) is 2.45. The fraction of sp³-hybridized carbons (Fsp3) is 0.190. The normalized spacial score (nSPS) is 12.1. The number of carbonyl (C=O) groups excluding carboxylic acids is 1. The molecule has 0 aliphatic carbocycles. The van der Waals surface area contributed by atoms with Crippen LogP contribution in [0.25, 0.3) is 6.08 Å². The number of allylic oxidation sites excluding steroid dienone is 1. The summed E-state index contributed by atoms with van der Waals surface area (Å²) in [6.07, 6.45) is 2.57. The van der Waals surface area contributed by atoms with Gasteiger partial charge in [-0.05, 0) is 54.8 Å². The van der Waals surface area contributed by atoms with Crippen LogP contribution in [0, 0.1) is 0 Å². The van der Waals surface area contributed by atoms with E-state index in [0.717, 1.165) is 11.1 Å². The molecular formula is C21H21NO4. The number of phenols is 1. The van der Waals surface area contributed by atoms with E-state index in [1.54, 1.807) is 56.4 Å². The number of phenolic OH excluding ortho intramolecular Hbond substituents is 1. The average Bonchev–Trinajstić information content (AvgIpc) is 2.65. The Morgan fingerprint density at radius 2 is 1.65 bits per heavy atom. The molecule has 0 spiro atoms. The molecule has 0 bridgehead atoms. The highest BCUT2D eigenvalue weighted by molar-refractivity contribution is 6.24. The zero-order valence-corrected chi connectivity index (χ0v) is 14.8. The van der Waals surface area contributed by atoms with Crippen molar-refractivity contribution in [3.63, 3.8) is 0 Å². The molecule has 5 heteroatoms. The van der Waals surface area contributed by atoms with Crippen molar-refractivity contribution in [2.75, 3.05) is 7.05 Å². The molecule has 2 aromatic carbocycles. The lowest BCUT2D eigenvalue weighted by atomic mass is 9.97. The molecule has 2 aromatic rings. The molecule has 0 amide bonds. The number of carboxylic acid groups (broad SMARTS) is 1. The number of Topliss-reactive ketones (excluding diaryl/α,β-unsaturated/α-hetero) is 1. The molecule has 0 saturated heterocycles. The number of aryl methyl sites for hydroxylation is 1. The largest absolute Gasteiger partial charge is 0.508 e. The van der Waals surface area contributed by atoms with Crippen LogP contribution in [0.5, 0.6) is 5.75 Å². The third kappa shape index (κ3) is 5.14. The van der Waals surface area contributed by atoms with Gasteiger partial charge in [-0.15, -0.1) is 0 Å². The van der Waals surface area contributed by atoms with Gasteiger partial charge in [0.05, 0.1) is 5.56 Å². The molecule has 0 unspecified atom stereocenters. The van der Waals surface area contributed by atoms with Crippen molar-refractivity contribution in [1.82, 2.24) is 0 Å². The van der Waals surface area contributed by atoms with Gasteiger partial charge in [0.2, 0.25) is 0 Å². The molecule has 0 atom stereocenters. The molecule has 0 aromatic heterocycles. The SMILES string of the molecule is CN=C(C)/C(=C/c1ccc(O)cc1)C(=O)CCc1ccc(C(=O)O)cc1. The Morgan fingerprint density at radius 1 is 1.04 bits per heavy atom. The molecule has 2 rings (SSSR count). The molecule has 5 nitrogen and oxygen atoms in total. The maximum Gasteiger partial charge on any atom is 0.335 e. The van der Waals surface area contributed by atoms with Crippen LogP contribution in [0.2, 0.25) is 0 Å². The Morgan fingerprint density at radius 3 is 2.19 bits per heavy atom. The first kappa shape index (κ1) is 19.1. The summed E-state index contributed by atoms with van der Waals surface area (Å²) in [7, 11) is 1.64. The summed E-state index contributed by atoms with van der Waals surface area (Å²) in [4.78, 5) is 27.7. The Balaban J connectivity index is 2.14. The van der Waals surface area contributed by atoms with Gasteiger partial charge in [0, 0.05) is 24.8 Å². The predicted molar refractivity (Wildman–Crippen MR) is 102 cm³/mol. The number of aliphatic imine (C=N–C) groups is 1. The molecule has 2 N–H and O–H groups in total. The number of rotatable bonds is 7. The minimum absolute atomic E-state index is 0.0384. The number of hydrogen-bond acceptors (Lipinski definition) is 4. The highest BCUT2D eigenvalue weighted by Crippen LogP contribution is 2.16. The third-order valence-electron chi connectivity index (χ3n) is 4.07. The molecule has 0 fully saturated rings. The predicted octanol–water partition coefficient (Wildman–Crippen LogP) is 3.77. The first-order valence-corrected chi connectivity index (χ1v) is 8.20. The number of aromatic hydroxyl groups is 1. The topological polar surface area (TPSA) is 87.0 Å². The van der Waals surface area contributed by atoms with Crippen molar-refractivity contribution in [2.45, 2.75) is 19.8 Å². The molecule has 0 aliphatic rings. The van der Waals surface area contributed by atoms with Gasteiger partial charge in [0.25, 0.3) is 0 Å². The van der Waals surface area contributed by atoms with E-state index >= 15 is 0 Å². The first-order chi connectivity index (χ1) is 12.4. The zero-order chi connectivity index (χ0) is 19.1. The van der Waals surface area contributed by atoms with E-state index in [4.69, 9.17) is 5.11 Å². The number of ketones is 1. The highest BCUT2D eigenvalue weighted by atomic mass is 16.4. The molecule has 0 radical (unpaired) electrons. The van der Waals surface area contributed by atoms with Gasteiger partial charge >= 0.3 is 5.97 Å². The quantitative estimate of drug-likeness (QED) is 0.587. The summed E-state index contributed by atoms with van der Waals surface area (Å²) < 4.78 is 0. The van der Waals surface area contributed by atoms with Gasteiger partial charge in [0.15, 0.2) is 5.78 Å². The van der Waals surface area contributed by atoms with Crippen LogP contribution in [-0.4, -0.2) is 34.7 Å². The molecule has 0 saturated carbocycles. The van der Waals surface area contributed by atoms with Crippen molar-refractivity contribution in [1.29, 1.82) is 0 Å². The van der Waals surface area contributed by atoms with E-state index in [0.29, 0.717) is 24.1 Å². The second-order valence-electron chi connectivity index (χ2n) is 5.88. The number of carbonyl (C=O) groups is 2. The van der Waals surface area contributed by atoms with Crippen molar-refractivity contribution in [2.24, 2.45) is 4.99 Å². The number of carboxylic acids is 1. The van der Waals surface area contributed by atoms with Gasteiger partial charge in [0.1, 0.15) is 5.75 Å². The Kier molecular flexibility index (Phi) is 6.44. The summed E-state index contributed by atoms with van der Waals surface area (Å²) in [5.74, 6) is -0.842. The summed E-state index contributed by atoms with van der Waals surface area (Å²) in [5, 5.41) is 18.3. The van der Waals surface area contributed by atoms with Crippen molar-refractivity contribution < 1.29 is 19.8 Å². The molecular weight excluding hydrogens is 330 g/mol. The van der Waals surface area contributed by atoms with Crippen molar-refractivity contribution in [3.05, 3.63) is 70.8 Å². The second-order valence-corrected chi connectivity index (χ2v) is 5.88. The fourth-order valence-electron chi connectivity index (χ4n) is 2.45. The Hall–Kier alpha value is -3.21. The number of nitrogens with zero attached hydrogens (tertiary/aromatic N) is 1. The smallest absolute Gasteiger partial charge is 0.335 e. The summed E-state index contributed by atoms with van der Waals surface area (Å²) in [6.45, 7) is 1.78. The maximum absolute atomic E-state index is 12.7. The average molecular weight is 351 g/mol. The lowest BCUT2D eigenvalue weighted by Crippen LogP contribution is -2.11. The van der Waals surface area contributed by atoms with Crippen LogP contribution in [0.4, 0.5) is 0 Å². The highest BCUT2D eigenvalue weighted by Gasteiger charge is 2.13. The minimum atomic E-state index is -0.971. The molecule has 134 valence electrons. The Bertz CT molecular complexity index is 847. The first-order valence-electron chi connectivity index (χ1n) is 8.20. The maximum atomic E-state index is 12.7. The third-order valence-corrected chi connectivity index (χ3v) is 4.07. The van der Waals surface area contributed by atoms with E-state index in [1.807, 2.05) is 0 Å². The second kappa shape index (κ2) is 8.76. The van der Waals surface area contributed by atoms with Crippen LogP contribution in [0.1, 0.15) is 34.8 Å². The van der Waals surface area contributed by atoms with Gasteiger partial charge in [-0.2, -0.15) is 0 Å². The lowest BCUT2D eigenvalue weighted by molar-refractivity contribution is -0.115. The summed E-state index contributed by atoms with van der Waals surface area (Å²) >= 11 is 0. The van der Waals surface area contributed by atoms with Gasteiger partial charge < -0.3 is 10.2 Å². The molecule has 0 heterocycles. The number of benzene rings is 2. The van der Waals surface area contributed by atoms with E-state index in [-0.39, 0.29) is 17.1 Å². The van der Waals surface area contributed by atoms with E-state index in [2.05, 4.69) is 4.99 Å². The monoisotopic (exact) mass is 351 g/mol. The number of hydrogen-bond donors (Lipinski definition) is 2. The Labute approximate surface area is 152 Å². The number of aromatic carboxylic acids is 1. The molecule has 26 heavy (non-hydrogen) atoms. The van der Waals surface area contributed by atoms with Gasteiger partial charge in [-0.1, -0.05) is 24.3 Å². The van der Waals surface area contributed by atoms with Crippen LogP contribution in [0.3, 0.4) is 0 Å². The van der Waals surface area contributed by atoms with Crippen LogP contribution in [0.15, 0.2) is 59.1 Å². The standard InChI is InChI=1S/C21H21NO4/c1-14(22-2)19(13-16-5-10-18(23)11-6-16)20(24)12-7-15-3-8-17(9-4-15)21(25)26/h3-6,8-11,13,23H,7,12H2,1-2H3,(H,25,26)/b19-13-,22-14?. The van der Waals surface area contributed by atoms with Crippen LogP contribution >= 0.6 is 0 Å². The van der Waals surface area contributed by atoms with E-state index in [1.165, 1.54) is 12.1 Å². The summed E-state index contributed by atoms with van der Waals surface area (Å²) in [6, 6.07) is 13.1. The van der Waals surface area contributed by atoms with Gasteiger partial charge in [-0.25, -0.2) is 4.79 Å². The van der Waals surface area contributed by atoms with Crippen LogP contribution in [-0.2, 0) is 11.2 Å². The van der Waals surface area contributed by atoms with Gasteiger partial charge in [-0.3, -0.25) is 9.79 Å². The summed E-state index contributed by atoms with van der Waals surface area (Å²) in [5.41, 5.74) is 3.10. The van der Waals surface area contributed by atoms with E-state index in [9.17, 15) is 14.7 Å². The van der Waals surface area contributed by atoms with Crippen LogP contribution < -0.4 is 0 Å². The van der Waals surface area contributed by atoms with Crippen molar-refractivity contribution in [3.8, 4) is 5.75 Å². The lowest BCUT2D eigenvalue weighted by Gasteiger charge is -2.07. The minimum Gasteiger partial charge on any atom is -0.508 e.